The second-order valence-electron chi connectivity index (χ2n) is 3.68. The Kier molecular flexibility index (Phi) is 3.95. The van der Waals surface area contributed by atoms with Crippen molar-refractivity contribution in [3.05, 3.63) is 68.7 Å². The lowest BCUT2D eigenvalue weighted by molar-refractivity contribution is 0.872. The average Bonchev–Trinajstić information content (AvgIpc) is 2.32. The van der Waals surface area contributed by atoms with Gasteiger partial charge >= 0.3 is 0 Å². The van der Waals surface area contributed by atoms with Crippen LogP contribution in [0.25, 0.3) is 0 Å². The fourth-order valence-electron chi connectivity index (χ4n) is 1.64. The topological polar surface area (TPSA) is 26.0 Å². The molecule has 1 atom stereocenters. The first-order valence-corrected chi connectivity index (χ1v) is 6.18. The summed E-state index contributed by atoms with van der Waals surface area (Å²) in [6.07, 6.45) is 0. The third-order valence-electron chi connectivity index (χ3n) is 2.52. The Bertz CT molecular complexity index is 540. The third kappa shape index (κ3) is 2.75. The van der Waals surface area contributed by atoms with Crippen LogP contribution in [0.5, 0.6) is 0 Å². The second-order valence-corrected chi connectivity index (χ2v) is 4.90. The quantitative estimate of drug-likeness (QED) is 0.851. The van der Waals surface area contributed by atoms with E-state index in [4.69, 9.17) is 40.5 Å². The molecule has 0 aliphatic carbocycles. The number of hydrogen-bond donors (Lipinski definition) is 1. The largest absolute Gasteiger partial charge is 0.320 e. The van der Waals surface area contributed by atoms with E-state index in [0.717, 1.165) is 11.1 Å². The molecule has 0 amide bonds. The smallest absolute Gasteiger partial charge is 0.0643 e. The summed E-state index contributed by atoms with van der Waals surface area (Å²) in [4.78, 5) is 0. The van der Waals surface area contributed by atoms with Crippen LogP contribution in [0.3, 0.4) is 0 Å². The Morgan fingerprint density at radius 1 is 0.941 bits per heavy atom. The molecule has 0 aliphatic rings. The van der Waals surface area contributed by atoms with Gasteiger partial charge in [-0.25, -0.2) is 0 Å². The molecule has 2 N–H and O–H groups in total. The zero-order valence-corrected chi connectivity index (χ0v) is 11.1. The molecule has 2 rings (SSSR count). The standard InChI is InChI=1S/C13H10Cl3N/c14-9-4-1-3-8(7-9)13(17)10-5-2-6-11(15)12(10)16/h1-7,13H,17H2. The van der Waals surface area contributed by atoms with E-state index in [1.807, 2.05) is 30.3 Å². The van der Waals surface area contributed by atoms with E-state index in [0.29, 0.717) is 15.1 Å². The summed E-state index contributed by atoms with van der Waals surface area (Å²) in [5, 5.41) is 1.64. The van der Waals surface area contributed by atoms with Crippen molar-refractivity contribution in [2.75, 3.05) is 0 Å². The second kappa shape index (κ2) is 5.28. The van der Waals surface area contributed by atoms with Gasteiger partial charge in [0.15, 0.2) is 0 Å². The molecule has 88 valence electrons. The van der Waals surface area contributed by atoms with Crippen LogP contribution >= 0.6 is 34.8 Å². The SMILES string of the molecule is NC(c1cccc(Cl)c1)c1cccc(Cl)c1Cl. The minimum atomic E-state index is -0.333. The Morgan fingerprint density at radius 2 is 1.65 bits per heavy atom. The zero-order valence-electron chi connectivity index (χ0n) is 8.83. The predicted molar refractivity (Wildman–Crippen MR) is 73.9 cm³/mol. The Labute approximate surface area is 115 Å². The molecule has 2 aromatic carbocycles. The van der Waals surface area contributed by atoms with Crippen LogP contribution in [-0.2, 0) is 0 Å². The van der Waals surface area contributed by atoms with Gasteiger partial charge in [0, 0.05) is 5.02 Å². The Morgan fingerprint density at radius 3 is 2.35 bits per heavy atom. The monoisotopic (exact) mass is 285 g/mol. The van der Waals surface area contributed by atoms with Gasteiger partial charge in [-0.3, -0.25) is 0 Å². The molecule has 0 saturated heterocycles. The molecule has 0 heterocycles. The van der Waals surface area contributed by atoms with Crippen LogP contribution in [0.1, 0.15) is 17.2 Å². The van der Waals surface area contributed by atoms with Crippen LogP contribution in [0, 0.1) is 0 Å². The van der Waals surface area contributed by atoms with Crippen molar-refractivity contribution in [1.29, 1.82) is 0 Å². The van der Waals surface area contributed by atoms with Gasteiger partial charge in [0.1, 0.15) is 0 Å². The summed E-state index contributed by atoms with van der Waals surface area (Å²) in [7, 11) is 0. The number of nitrogens with two attached hydrogens (primary N) is 1. The van der Waals surface area contributed by atoms with E-state index in [9.17, 15) is 0 Å². The van der Waals surface area contributed by atoms with Crippen molar-refractivity contribution in [3.8, 4) is 0 Å². The van der Waals surface area contributed by atoms with Crippen molar-refractivity contribution in [1.82, 2.24) is 0 Å². The highest BCUT2D eigenvalue weighted by Crippen LogP contribution is 2.32. The minimum absolute atomic E-state index is 0.333. The Hall–Kier alpha value is -0.730. The number of benzene rings is 2. The van der Waals surface area contributed by atoms with Crippen molar-refractivity contribution in [2.45, 2.75) is 6.04 Å². The van der Waals surface area contributed by atoms with E-state index in [-0.39, 0.29) is 6.04 Å². The van der Waals surface area contributed by atoms with Crippen molar-refractivity contribution >= 4 is 34.8 Å². The maximum absolute atomic E-state index is 6.15. The van der Waals surface area contributed by atoms with Crippen molar-refractivity contribution in [2.24, 2.45) is 5.73 Å². The first kappa shape index (κ1) is 12.7. The van der Waals surface area contributed by atoms with Gasteiger partial charge in [-0.05, 0) is 29.3 Å². The number of hydrogen-bond acceptors (Lipinski definition) is 1. The molecule has 17 heavy (non-hydrogen) atoms. The number of halogens is 3. The van der Waals surface area contributed by atoms with E-state index >= 15 is 0 Å². The molecule has 1 unspecified atom stereocenters. The van der Waals surface area contributed by atoms with Gasteiger partial charge in [-0.2, -0.15) is 0 Å². The summed E-state index contributed by atoms with van der Waals surface area (Å²) in [6.45, 7) is 0. The lowest BCUT2D eigenvalue weighted by Gasteiger charge is -2.15. The van der Waals surface area contributed by atoms with Crippen LogP contribution in [0.4, 0.5) is 0 Å². The normalized spacial score (nSPS) is 12.5. The van der Waals surface area contributed by atoms with Crippen LogP contribution in [0.2, 0.25) is 15.1 Å². The summed E-state index contributed by atoms with van der Waals surface area (Å²) in [5.41, 5.74) is 7.85. The van der Waals surface area contributed by atoms with E-state index in [1.165, 1.54) is 0 Å². The molecule has 2 aromatic rings. The molecular weight excluding hydrogens is 277 g/mol. The summed E-state index contributed by atoms with van der Waals surface area (Å²) < 4.78 is 0. The minimum Gasteiger partial charge on any atom is -0.320 e. The summed E-state index contributed by atoms with van der Waals surface area (Å²) in [6, 6.07) is 12.5. The zero-order chi connectivity index (χ0) is 12.4. The molecule has 0 bridgehead atoms. The molecule has 0 radical (unpaired) electrons. The van der Waals surface area contributed by atoms with E-state index in [2.05, 4.69) is 0 Å². The fourth-order valence-corrected chi connectivity index (χ4v) is 2.26. The van der Waals surface area contributed by atoms with Crippen molar-refractivity contribution < 1.29 is 0 Å². The van der Waals surface area contributed by atoms with Crippen LogP contribution in [-0.4, -0.2) is 0 Å². The van der Waals surface area contributed by atoms with Gasteiger partial charge in [0.2, 0.25) is 0 Å². The fraction of sp³-hybridized carbons (Fsp3) is 0.0769. The first-order chi connectivity index (χ1) is 8.09. The highest BCUT2D eigenvalue weighted by atomic mass is 35.5. The molecule has 0 aliphatic heterocycles. The summed E-state index contributed by atoms with van der Waals surface area (Å²) in [5.74, 6) is 0. The molecule has 0 aromatic heterocycles. The molecular formula is C13H10Cl3N. The van der Waals surface area contributed by atoms with Gasteiger partial charge < -0.3 is 5.73 Å². The van der Waals surface area contributed by atoms with E-state index < -0.39 is 0 Å². The first-order valence-electron chi connectivity index (χ1n) is 5.04. The number of rotatable bonds is 2. The summed E-state index contributed by atoms with van der Waals surface area (Å²) >= 11 is 18.0. The van der Waals surface area contributed by atoms with Gasteiger partial charge in [-0.1, -0.05) is 59.1 Å². The highest BCUT2D eigenvalue weighted by molar-refractivity contribution is 6.42. The van der Waals surface area contributed by atoms with Crippen LogP contribution < -0.4 is 5.73 Å². The van der Waals surface area contributed by atoms with Gasteiger partial charge in [0.05, 0.1) is 16.1 Å². The molecule has 0 fully saturated rings. The molecule has 1 nitrogen and oxygen atoms in total. The van der Waals surface area contributed by atoms with E-state index in [1.54, 1.807) is 12.1 Å². The molecule has 4 heteroatoms. The lowest BCUT2D eigenvalue weighted by Crippen LogP contribution is -2.12. The Balaban J connectivity index is 2.44. The van der Waals surface area contributed by atoms with Crippen LogP contribution in [0.15, 0.2) is 42.5 Å². The maximum atomic E-state index is 6.15. The lowest BCUT2D eigenvalue weighted by atomic mass is 10.00. The molecule has 0 saturated carbocycles. The van der Waals surface area contributed by atoms with Gasteiger partial charge in [0.25, 0.3) is 0 Å². The molecule has 0 spiro atoms. The van der Waals surface area contributed by atoms with Crippen molar-refractivity contribution in [3.63, 3.8) is 0 Å². The third-order valence-corrected chi connectivity index (χ3v) is 3.59. The van der Waals surface area contributed by atoms with Gasteiger partial charge in [-0.15, -0.1) is 0 Å². The average molecular weight is 287 g/mol. The highest BCUT2D eigenvalue weighted by Gasteiger charge is 2.14. The predicted octanol–water partition coefficient (Wildman–Crippen LogP) is 4.69. The maximum Gasteiger partial charge on any atom is 0.0643 e.